The van der Waals surface area contributed by atoms with Crippen molar-refractivity contribution in [2.75, 3.05) is 20.3 Å². The van der Waals surface area contributed by atoms with Crippen LogP contribution in [0.1, 0.15) is 96.2 Å². The zero-order chi connectivity index (χ0) is 70.8. The van der Waals surface area contributed by atoms with Gasteiger partial charge in [-0.1, -0.05) is 146 Å². The Labute approximate surface area is 578 Å². The Balaban J connectivity index is 1.08. The van der Waals surface area contributed by atoms with Crippen molar-refractivity contribution < 1.29 is 115 Å². The second-order valence-corrected chi connectivity index (χ2v) is 23.3. The number of aliphatic hydroxyl groups is 1. The van der Waals surface area contributed by atoms with Gasteiger partial charge in [0.2, 0.25) is 0 Å². The van der Waals surface area contributed by atoms with E-state index in [1.807, 2.05) is 0 Å². The number of rotatable bonds is 24. The van der Waals surface area contributed by atoms with Crippen LogP contribution >= 0.6 is 0 Å². The minimum absolute atomic E-state index is 0.00241. The van der Waals surface area contributed by atoms with Crippen molar-refractivity contribution in [3.05, 3.63) is 287 Å². The molecule has 0 saturated carbocycles. The molecule has 0 bridgehead atoms. The average Bonchev–Trinajstić information content (AvgIpc) is 0.761. The van der Waals surface area contributed by atoms with E-state index in [0.29, 0.717) is 0 Å². The van der Waals surface area contributed by atoms with Gasteiger partial charge in [0.1, 0.15) is 43.7 Å². The van der Waals surface area contributed by atoms with Gasteiger partial charge >= 0.3 is 53.7 Å². The summed E-state index contributed by atoms with van der Waals surface area (Å²) in [7, 11) is 1.08. The Morgan fingerprint density at radius 3 is 0.970 bits per heavy atom. The van der Waals surface area contributed by atoms with Crippen LogP contribution in [0.5, 0.6) is 0 Å². The minimum atomic E-state index is -2.31. The number of esters is 9. The van der Waals surface area contributed by atoms with Crippen LogP contribution in [-0.4, -0.2) is 165 Å². The first-order chi connectivity index (χ1) is 49.1. The number of ether oxygens (including phenoxy) is 14. The summed E-state index contributed by atoms with van der Waals surface area (Å²) >= 11 is 0. The zero-order valence-electron chi connectivity index (χ0n) is 54.2. The predicted molar refractivity (Wildman–Crippen MR) is 351 cm³/mol. The number of aliphatic hydroxyl groups excluding tert-OH is 1. The minimum Gasteiger partial charge on any atom is -0.469 e. The van der Waals surface area contributed by atoms with Gasteiger partial charge in [0.05, 0.1) is 70.1 Å². The molecule has 15 atom stereocenters. The van der Waals surface area contributed by atoms with Gasteiger partial charge in [0, 0.05) is 0 Å². The van der Waals surface area contributed by atoms with Crippen LogP contribution in [0, 0.1) is 5.92 Å². The summed E-state index contributed by atoms with van der Waals surface area (Å²) in [5.41, 5.74) is 0.0585. The van der Waals surface area contributed by atoms with E-state index < -0.39 is 165 Å². The molecule has 8 aromatic rings. The Bertz CT molecular complexity index is 4100. The highest BCUT2D eigenvalue weighted by Crippen LogP contribution is 2.41. The summed E-state index contributed by atoms with van der Waals surface area (Å²) in [6.45, 7) is -0.224. The van der Waals surface area contributed by atoms with E-state index >= 15 is 0 Å². The normalized spacial score (nSPS) is 24.5. The third-order valence-corrected chi connectivity index (χ3v) is 16.6. The highest BCUT2D eigenvalue weighted by Gasteiger charge is 2.60. The topological polar surface area (TPSA) is 303 Å². The van der Waals surface area contributed by atoms with Crippen LogP contribution in [0.4, 0.5) is 0 Å². The van der Waals surface area contributed by atoms with Crippen LogP contribution in [-0.2, 0) is 71.1 Å². The predicted octanol–water partition coefficient (Wildman–Crippen LogP) is 9.19. The van der Waals surface area contributed by atoms with E-state index in [9.17, 15) is 48.3 Å². The van der Waals surface area contributed by atoms with Crippen LogP contribution in [0.25, 0.3) is 0 Å². The first kappa shape index (κ1) is 71.0. The summed E-state index contributed by atoms with van der Waals surface area (Å²) < 4.78 is 88.9. The molecule has 3 saturated heterocycles. The van der Waals surface area contributed by atoms with E-state index in [1.165, 1.54) is 116 Å². The average molecular weight is 1380 g/mol. The number of hydrogen-bond acceptors (Lipinski definition) is 24. The Kier molecular flexibility index (Phi) is 23.9. The van der Waals surface area contributed by atoms with Gasteiger partial charge in [-0.25, -0.2) is 38.4 Å². The third kappa shape index (κ3) is 18.0. The fourth-order valence-electron chi connectivity index (χ4n) is 11.6. The maximum absolute atomic E-state index is 14.8. The van der Waals surface area contributed by atoms with E-state index in [1.54, 1.807) is 133 Å². The van der Waals surface area contributed by atoms with E-state index in [0.717, 1.165) is 7.11 Å². The van der Waals surface area contributed by atoms with Gasteiger partial charge < -0.3 is 71.4 Å². The Morgan fingerprint density at radius 2 is 0.604 bits per heavy atom. The molecule has 0 radical (unpaired) electrons. The number of carbonyl (C=O) groups excluding carboxylic acids is 9. The molecule has 3 heterocycles. The lowest BCUT2D eigenvalue weighted by molar-refractivity contribution is -0.378. The smallest absolute Gasteiger partial charge is 0.338 e. The third-order valence-electron chi connectivity index (χ3n) is 16.6. The van der Waals surface area contributed by atoms with Gasteiger partial charge in [-0.2, -0.15) is 0 Å². The van der Waals surface area contributed by atoms with Gasteiger partial charge in [-0.15, -0.1) is 0 Å². The molecular formula is C77H68O24. The molecule has 24 nitrogen and oxygen atoms in total. The van der Waals surface area contributed by atoms with Crippen molar-refractivity contribution in [1.29, 1.82) is 0 Å². The maximum Gasteiger partial charge on any atom is 0.338 e. The van der Waals surface area contributed by atoms with Crippen molar-refractivity contribution in [3.63, 3.8) is 0 Å². The van der Waals surface area contributed by atoms with Gasteiger partial charge in [0.15, 0.2) is 49.4 Å². The first-order valence-electron chi connectivity index (χ1n) is 32.1. The monoisotopic (exact) mass is 1380 g/mol. The largest absolute Gasteiger partial charge is 0.469 e. The number of hydrogen-bond donors (Lipinski definition) is 1. The van der Waals surface area contributed by atoms with Gasteiger partial charge in [-0.3, -0.25) is 4.79 Å². The van der Waals surface area contributed by atoms with Crippen LogP contribution in [0.3, 0.4) is 0 Å². The van der Waals surface area contributed by atoms with Crippen molar-refractivity contribution >= 4 is 53.7 Å². The molecule has 0 aliphatic carbocycles. The van der Waals surface area contributed by atoms with Crippen LogP contribution < -0.4 is 0 Å². The van der Waals surface area contributed by atoms with Gasteiger partial charge in [-0.05, 0) is 104 Å². The maximum atomic E-state index is 14.8. The molecule has 1 N–H and O–H groups in total. The van der Waals surface area contributed by atoms with Crippen molar-refractivity contribution in [2.24, 2.45) is 5.92 Å². The SMILES string of the molecule is COC(=O)CC1[C@@H](OC(=O)c2ccccc2)C(COC(=O)c2ccccc2)O[C@@H](OC2[C@H](OC(=O)c3ccccc3)C(O)OC(COC(=O)c3ccccc3)[C@H]2O[C@@H]2OC(C)[C@@H](OC(=O)c3ccccc3)C(OC(=O)c3ccccc3)C2OC(=O)c2ccccc2)[C@H]1OC(=O)c1ccccc1. The fraction of sp³-hybridized carbons (Fsp3) is 0.260. The highest BCUT2D eigenvalue weighted by molar-refractivity contribution is 5.93. The van der Waals surface area contributed by atoms with E-state index in [-0.39, 0.29) is 44.5 Å². The zero-order valence-corrected chi connectivity index (χ0v) is 54.2. The summed E-state index contributed by atoms with van der Waals surface area (Å²) in [6, 6.07) is 61.2. The molecule has 520 valence electrons. The number of methoxy groups -OCH3 is 1. The van der Waals surface area contributed by atoms with Crippen molar-refractivity contribution in [1.82, 2.24) is 0 Å². The Hall–Kier alpha value is -11.3. The number of carbonyl (C=O) groups is 9. The second kappa shape index (κ2) is 34.0. The highest BCUT2D eigenvalue weighted by atomic mass is 16.8. The Morgan fingerprint density at radius 1 is 0.317 bits per heavy atom. The van der Waals surface area contributed by atoms with Gasteiger partial charge in [0.25, 0.3) is 0 Å². The molecule has 0 aromatic heterocycles. The quantitative estimate of drug-likeness (QED) is 0.0435. The molecule has 3 aliphatic heterocycles. The molecule has 101 heavy (non-hydrogen) atoms. The fourth-order valence-corrected chi connectivity index (χ4v) is 11.6. The molecular weight excluding hydrogens is 1310 g/mol. The lowest BCUT2D eigenvalue weighted by atomic mass is 9.85. The van der Waals surface area contributed by atoms with Crippen LogP contribution in [0.2, 0.25) is 0 Å². The molecule has 8 unspecified atom stereocenters. The van der Waals surface area contributed by atoms with Crippen LogP contribution in [0.15, 0.2) is 243 Å². The first-order valence-corrected chi connectivity index (χ1v) is 32.1. The summed E-state index contributed by atoms with van der Waals surface area (Å²) in [6.07, 6.45) is -27.8. The summed E-state index contributed by atoms with van der Waals surface area (Å²) in [5.74, 6) is -10.5. The molecule has 8 aromatic carbocycles. The lowest BCUT2D eigenvalue weighted by Crippen LogP contribution is -2.68. The molecule has 0 amide bonds. The molecule has 3 fully saturated rings. The summed E-state index contributed by atoms with van der Waals surface area (Å²) in [5, 5.41) is 12.6. The van der Waals surface area contributed by atoms with E-state index in [2.05, 4.69) is 0 Å². The molecule has 24 heteroatoms. The lowest BCUT2D eigenvalue weighted by Gasteiger charge is -2.50. The van der Waals surface area contributed by atoms with E-state index in [4.69, 9.17) is 66.3 Å². The molecule has 3 aliphatic rings. The second-order valence-electron chi connectivity index (χ2n) is 23.3. The molecule has 0 spiro atoms. The standard InChI is InChI=1S/C77H68O24/c1-46-59(94-69(81)49-31-15-5-16-32-49)63(97-72(84)52-37-21-8-22-38-52)66(99-74(86)54-41-25-10-26-42-54)77(91-46)100-62-57(45-90-68(80)48-29-13-4-14-30-48)92-75(87)65(98-73(85)53-39-23-9-24-40-53)64(62)101-76-61(96-71(83)51-35-19-7-20-36-51)55(43-58(78)88-2)60(95-70(82)50-33-17-6-18-34-50)56(93-76)44-89-67(79)47-27-11-3-12-28-47/h3-42,46,55-57,59-66,75-77,87H,43-45H2,1-2H3/t46?,55?,56?,57?,59-,60-,61+,62-,63?,64?,65+,66?,75?,76+,77+/m1/s1. The van der Waals surface area contributed by atoms with Crippen molar-refractivity contribution in [2.45, 2.75) is 99.4 Å². The van der Waals surface area contributed by atoms with Crippen molar-refractivity contribution in [3.8, 4) is 0 Å². The number of benzene rings is 8. The summed E-state index contributed by atoms with van der Waals surface area (Å²) in [4.78, 5) is 130. The molecule has 11 rings (SSSR count).